The number of fused-ring (bicyclic) bond motifs is 2. The number of nitrogens with zero attached hydrogens (tertiary/aromatic N) is 1. The zero-order valence-corrected chi connectivity index (χ0v) is 9.35. The Labute approximate surface area is 93.8 Å². The van der Waals surface area contributed by atoms with Crippen molar-refractivity contribution in [3.63, 3.8) is 0 Å². The summed E-state index contributed by atoms with van der Waals surface area (Å²) in [6.07, 6.45) is 0.504. The Morgan fingerprint density at radius 2 is 1.88 bits per heavy atom. The first-order valence-corrected chi connectivity index (χ1v) is 6.81. The quantitative estimate of drug-likeness (QED) is 0.718. The Hall–Kier alpha value is -1.36. The number of carbonyl (C=O) groups is 1. The van der Waals surface area contributed by atoms with Gasteiger partial charge < -0.3 is 4.90 Å². The number of hydrogen-bond acceptors (Lipinski definition) is 3. The van der Waals surface area contributed by atoms with Crippen molar-refractivity contribution in [3.05, 3.63) is 30.3 Å². The van der Waals surface area contributed by atoms with Crippen LogP contribution < -0.4 is 4.90 Å². The van der Waals surface area contributed by atoms with Crippen molar-refractivity contribution in [2.24, 2.45) is 0 Å². The van der Waals surface area contributed by atoms with E-state index >= 15 is 0 Å². The first kappa shape index (κ1) is 9.84. The van der Waals surface area contributed by atoms with E-state index in [2.05, 4.69) is 0 Å². The van der Waals surface area contributed by atoms with Gasteiger partial charge in [0.25, 0.3) is 0 Å². The van der Waals surface area contributed by atoms with Crippen molar-refractivity contribution in [2.75, 3.05) is 11.4 Å². The fraction of sp³-hybridized carbons (Fsp3) is 0.364. The second-order valence-electron chi connectivity index (χ2n) is 4.22. The molecule has 2 unspecified atom stereocenters. The number of sulfone groups is 1. The minimum atomic E-state index is -3.15. The minimum absolute atomic E-state index is 0.270. The summed E-state index contributed by atoms with van der Waals surface area (Å²) in [4.78, 5) is 13.5. The molecule has 1 aromatic carbocycles. The Kier molecular flexibility index (Phi) is 1.89. The van der Waals surface area contributed by atoms with Crippen LogP contribution in [0.5, 0.6) is 0 Å². The number of anilines is 1. The molecule has 0 saturated carbocycles. The van der Waals surface area contributed by atoms with Gasteiger partial charge in [0.2, 0.25) is 5.91 Å². The standard InChI is InChI=1S/C11H11NO3S/c13-11-10-6-9(16(10,14)15)7-12(11)8-4-2-1-3-5-8/h1-5,9-10H,6-7H2. The molecule has 3 heterocycles. The molecule has 2 bridgehead atoms. The molecule has 3 aliphatic heterocycles. The molecule has 0 aromatic heterocycles. The second-order valence-corrected chi connectivity index (χ2v) is 6.63. The zero-order valence-electron chi connectivity index (χ0n) is 8.54. The third-order valence-corrected chi connectivity index (χ3v) is 5.79. The van der Waals surface area contributed by atoms with Crippen molar-refractivity contribution in [1.82, 2.24) is 0 Å². The predicted molar refractivity (Wildman–Crippen MR) is 59.9 cm³/mol. The molecular formula is C11H11NO3S. The van der Waals surface area contributed by atoms with Crippen LogP contribution in [0.1, 0.15) is 6.42 Å². The van der Waals surface area contributed by atoms with Gasteiger partial charge in [0.15, 0.2) is 9.84 Å². The highest BCUT2D eigenvalue weighted by Gasteiger charge is 2.57. The minimum Gasteiger partial charge on any atom is -0.310 e. The van der Waals surface area contributed by atoms with Crippen molar-refractivity contribution < 1.29 is 13.2 Å². The van der Waals surface area contributed by atoms with Crippen LogP contribution >= 0.6 is 0 Å². The molecule has 0 aliphatic carbocycles. The molecular weight excluding hydrogens is 226 g/mol. The molecule has 0 N–H and O–H groups in total. The Morgan fingerprint density at radius 3 is 2.44 bits per heavy atom. The van der Waals surface area contributed by atoms with Crippen LogP contribution in [-0.2, 0) is 14.6 Å². The van der Waals surface area contributed by atoms with E-state index in [0.717, 1.165) is 5.69 Å². The van der Waals surface area contributed by atoms with Gasteiger partial charge in [0, 0.05) is 12.2 Å². The summed E-state index contributed by atoms with van der Waals surface area (Å²) in [6, 6.07) is 9.22. The summed E-state index contributed by atoms with van der Waals surface area (Å²) in [6.45, 7) is 0.307. The number of para-hydroxylation sites is 1. The van der Waals surface area contributed by atoms with Gasteiger partial charge in [-0.05, 0) is 18.6 Å². The van der Waals surface area contributed by atoms with E-state index in [1.165, 1.54) is 0 Å². The number of piperidine rings is 1. The lowest BCUT2D eigenvalue weighted by Gasteiger charge is -2.45. The van der Waals surface area contributed by atoms with E-state index in [1.54, 1.807) is 4.90 Å². The first-order chi connectivity index (χ1) is 7.60. The molecule has 4 rings (SSSR count). The topological polar surface area (TPSA) is 54.5 Å². The van der Waals surface area contributed by atoms with Crippen molar-refractivity contribution in [3.8, 4) is 0 Å². The normalized spacial score (nSPS) is 31.0. The highest BCUT2D eigenvalue weighted by molar-refractivity contribution is 7.95. The van der Waals surface area contributed by atoms with Gasteiger partial charge in [-0.2, -0.15) is 0 Å². The third kappa shape index (κ3) is 1.15. The Balaban J connectivity index is 1.95. The summed E-state index contributed by atoms with van der Waals surface area (Å²) >= 11 is 0. The maximum atomic E-state index is 11.9. The summed E-state index contributed by atoms with van der Waals surface area (Å²) < 4.78 is 23.1. The lowest BCUT2D eigenvalue weighted by molar-refractivity contribution is -0.119. The van der Waals surface area contributed by atoms with Crippen LogP contribution in [0.2, 0.25) is 0 Å². The molecule has 16 heavy (non-hydrogen) atoms. The van der Waals surface area contributed by atoms with E-state index in [0.29, 0.717) is 13.0 Å². The van der Waals surface area contributed by atoms with Crippen LogP contribution in [-0.4, -0.2) is 31.4 Å². The van der Waals surface area contributed by atoms with Crippen molar-refractivity contribution in [1.29, 1.82) is 0 Å². The van der Waals surface area contributed by atoms with E-state index in [-0.39, 0.29) is 11.2 Å². The van der Waals surface area contributed by atoms with Gasteiger partial charge in [-0.3, -0.25) is 4.79 Å². The zero-order chi connectivity index (χ0) is 11.3. The van der Waals surface area contributed by atoms with Gasteiger partial charge in [0.05, 0.1) is 5.25 Å². The van der Waals surface area contributed by atoms with Crippen LogP contribution in [0.3, 0.4) is 0 Å². The fourth-order valence-electron chi connectivity index (χ4n) is 2.34. The smallest absolute Gasteiger partial charge is 0.245 e. The number of carbonyl (C=O) groups excluding carboxylic acids is 1. The van der Waals surface area contributed by atoms with E-state index in [9.17, 15) is 13.2 Å². The molecule has 5 heteroatoms. The molecule has 3 aliphatic rings. The first-order valence-electron chi connectivity index (χ1n) is 5.20. The van der Waals surface area contributed by atoms with Crippen molar-refractivity contribution in [2.45, 2.75) is 16.9 Å². The molecule has 3 saturated heterocycles. The van der Waals surface area contributed by atoms with Gasteiger partial charge in [-0.1, -0.05) is 18.2 Å². The lowest BCUT2D eigenvalue weighted by Crippen LogP contribution is -2.65. The van der Waals surface area contributed by atoms with Crippen LogP contribution in [0.25, 0.3) is 0 Å². The Morgan fingerprint density at radius 1 is 1.19 bits per heavy atom. The molecule has 2 atom stereocenters. The largest absolute Gasteiger partial charge is 0.310 e. The molecule has 3 fully saturated rings. The van der Waals surface area contributed by atoms with Gasteiger partial charge in [-0.25, -0.2) is 8.42 Å². The van der Waals surface area contributed by atoms with Crippen molar-refractivity contribution >= 4 is 21.4 Å². The predicted octanol–water partition coefficient (Wildman–Crippen LogP) is 0.589. The molecule has 1 aromatic rings. The number of amides is 1. The van der Waals surface area contributed by atoms with Gasteiger partial charge in [0.1, 0.15) is 5.25 Å². The molecule has 0 radical (unpaired) electrons. The SMILES string of the molecule is O=C1C2CC(CN1c1ccccc1)S2(=O)=O. The summed E-state index contributed by atoms with van der Waals surface area (Å²) in [5, 5.41) is -1.14. The van der Waals surface area contributed by atoms with Crippen LogP contribution in [0.4, 0.5) is 5.69 Å². The molecule has 4 nitrogen and oxygen atoms in total. The van der Waals surface area contributed by atoms with Crippen LogP contribution in [0.15, 0.2) is 30.3 Å². The highest BCUT2D eigenvalue weighted by atomic mass is 32.2. The maximum absolute atomic E-state index is 11.9. The summed E-state index contributed by atoms with van der Waals surface area (Å²) in [5.41, 5.74) is 0.789. The summed E-state index contributed by atoms with van der Waals surface area (Å²) in [5.74, 6) is -0.270. The highest BCUT2D eigenvalue weighted by Crippen LogP contribution is 2.38. The number of benzene rings is 1. The third-order valence-electron chi connectivity index (χ3n) is 3.33. The van der Waals surface area contributed by atoms with E-state index in [1.807, 2.05) is 30.3 Å². The number of hydrogen-bond donors (Lipinski definition) is 0. The van der Waals surface area contributed by atoms with E-state index in [4.69, 9.17) is 0 Å². The average molecular weight is 237 g/mol. The molecule has 84 valence electrons. The fourth-order valence-corrected chi connectivity index (χ4v) is 4.18. The van der Waals surface area contributed by atoms with Crippen LogP contribution in [0, 0.1) is 0 Å². The van der Waals surface area contributed by atoms with Gasteiger partial charge in [-0.15, -0.1) is 0 Å². The molecule has 0 spiro atoms. The second kappa shape index (κ2) is 3.07. The van der Waals surface area contributed by atoms with Gasteiger partial charge >= 0.3 is 0 Å². The average Bonchev–Trinajstić information content (AvgIpc) is 2.29. The van der Waals surface area contributed by atoms with E-state index < -0.39 is 15.1 Å². The molecule has 1 amide bonds. The lowest BCUT2D eigenvalue weighted by atomic mass is 10.1. The Bertz CT molecular complexity index is 538. The summed E-state index contributed by atoms with van der Waals surface area (Å²) in [7, 11) is -3.15. The maximum Gasteiger partial charge on any atom is 0.245 e. The number of rotatable bonds is 1. The monoisotopic (exact) mass is 237 g/mol.